The molecule has 46 heavy (non-hydrogen) atoms. The SMILES string of the molecule is CC(C)CNC(=O)[C@@H](Cc1ccccc1)N(Cc1cccc(Br)c1)C(=O)CN(c1ccc(C(C)C)cc1)S(=O)(=O)c1ccccc1. The van der Waals surface area contributed by atoms with Gasteiger partial charge in [-0.3, -0.25) is 13.9 Å². The lowest BCUT2D eigenvalue weighted by Gasteiger charge is -2.34. The molecule has 0 aliphatic heterocycles. The number of amides is 2. The van der Waals surface area contributed by atoms with Gasteiger partial charge in [-0.05, 0) is 64.9 Å². The van der Waals surface area contributed by atoms with Gasteiger partial charge in [0.25, 0.3) is 10.0 Å². The minimum Gasteiger partial charge on any atom is -0.354 e. The van der Waals surface area contributed by atoms with Crippen molar-refractivity contribution in [2.45, 2.75) is 57.5 Å². The third-order valence-electron chi connectivity index (χ3n) is 7.66. The van der Waals surface area contributed by atoms with Gasteiger partial charge in [0.05, 0.1) is 10.6 Å². The highest BCUT2D eigenvalue weighted by molar-refractivity contribution is 9.10. The maximum Gasteiger partial charge on any atom is 0.264 e. The zero-order valence-electron chi connectivity index (χ0n) is 26.8. The third kappa shape index (κ3) is 9.30. The van der Waals surface area contributed by atoms with Crippen LogP contribution in [-0.4, -0.2) is 44.3 Å². The van der Waals surface area contributed by atoms with E-state index in [1.165, 1.54) is 17.0 Å². The molecule has 0 aromatic heterocycles. The van der Waals surface area contributed by atoms with E-state index in [9.17, 15) is 18.0 Å². The van der Waals surface area contributed by atoms with Crippen LogP contribution in [0.2, 0.25) is 0 Å². The largest absolute Gasteiger partial charge is 0.354 e. The van der Waals surface area contributed by atoms with Gasteiger partial charge in [0.1, 0.15) is 12.6 Å². The first kappa shape index (κ1) is 34.9. The smallest absolute Gasteiger partial charge is 0.264 e. The number of anilines is 1. The quantitative estimate of drug-likeness (QED) is 0.151. The molecule has 0 heterocycles. The van der Waals surface area contributed by atoms with E-state index in [1.54, 1.807) is 30.3 Å². The van der Waals surface area contributed by atoms with Gasteiger partial charge in [-0.15, -0.1) is 0 Å². The number of hydrogen-bond donors (Lipinski definition) is 1. The molecule has 0 fully saturated rings. The number of hydrogen-bond acceptors (Lipinski definition) is 4. The topological polar surface area (TPSA) is 86.8 Å². The highest BCUT2D eigenvalue weighted by Gasteiger charge is 2.34. The van der Waals surface area contributed by atoms with Gasteiger partial charge in [0.15, 0.2) is 0 Å². The summed E-state index contributed by atoms with van der Waals surface area (Å²) < 4.78 is 30.3. The van der Waals surface area contributed by atoms with E-state index in [2.05, 4.69) is 35.1 Å². The Kier molecular flexibility index (Phi) is 12.2. The van der Waals surface area contributed by atoms with E-state index in [0.717, 1.165) is 25.5 Å². The zero-order valence-corrected chi connectivity index (χ0v) is 29.2. The van der Waals surface area contributed by atoms with Crippen LogP contribution in [0.4, 0.5) is 5.69 Å². The first-order valence-corrected chi connectivity index (χ1v) is 17.7. The average molecular weight is 705 g/mol. The maximum absolute atomic E-state index is 14.6. The van der Waals surface area contributed by atoms with Crippen molar-refractivity contribution in [3.05, 3.63) is 130 Å². The molecule has 242 valence electrons. The Labute approximate surface area is 281 Å². The standard InChI is InChI=1S/C37H42BrN3O4S/c1-27(2)24-39-37(43)35(23-29-12-7-5-8-13-29)40(25-30-14-11-15-32(38)22-30)36(42)26-41(33-20-18-31(19-21-33)28(3)4)46(44,45)34-16-9-6-10-17-34/h5-22,27-28,35H,23-26H2,1-4H3,(H,39,43)/t35-/m1/s1. The summed E-state index contributed by atoms with van der Waals surface area (Å²) in [5.41, 5.74) is 3.11. The van der Waals surface area contributed by atoms with E-state index in [4.69, 9.17) is 0 Å². The predicted octanol–water partition coefficient (Wildman–Crippen LogP) is 7.18. The van der Waals surface area contributed by atoms with Gasteiger partial charge in [-0.2, -0.15) is 0 Å². The molecule has 9 heteroatoms. The van der Waals surface area contributed by atoms with Gasteiger partial charge >= 0.3 is 0 Å². The Balaban J connectivity index is 1.80. The fourth-order valence-corrected chi connectivity index (χ4v) is 6.96. The minimum atomic E-state index is -4.14. The molecule has 0 spiro atoms. The van der Waals surface area contributed by atoms with Crippen LogP contribution < -0.4 is 9.62 Å². The fraction of sp³-hybridized carbons (Fsp3) is 0.297. The van der Waals surface area contributed by atoms with Crippen LogP contribution in [0.3, 0.4) is 0 Å². The van der Waals surface area contributed by atoms with E-state index < -0.39 is 28.5 Å². The molecule has 7 nitrogen and oxygen atoms in total. The highest BCUT2D eigenvalue weighted by atomic mass is 79.9. The molecule has 4 aromatic carbocycles. The lowest BCUT2D eigenvalue weighted by molar-refractivity contribution is -0.140. The van der Waals surface area contributed by atoms with Gasteiger partial charge in [0.2, 0.25) is 11.8 Å². The van der Waals surface area contributed by atoms with Crippen molar-refractivity contribution in [3.63, 3.8) is 0 Å². The first-order chi connectivity index (χ1) is 22.0. The summed E-state index contributed by atoms with van der Waals surface area (Å²) in [6, 6.07) is 31.5. The summed E-state index contributed by atoms with van der Waals surface area (Å²) in [5, 5.41) is 3.02. The average Bonchev–Trinajstić information content (AvgIpc) is 3.05. The Hall–Kier alpha value is -3.95. The molecule has 0 saturated carbocycles. The molecule has 0 aliphatic carbocycles. The number of nitrogens with zero attached hydrogens (tertiary/aromatic N) is 2. The molecule has 4 aromatic rings. The number of carbonyl (C=O) groups excluding carboxylic acids is 2. The molecule has 0 radical (unpaired) electrons. The summed E-state index contributed by atoms with van der Waals surface area (Å²) in [5.74, 6) is -0.331. The van der Waals surface area contributed by atoms with Crippen LogP contribution in [0.1, 0.15) is 50.3 Å². The van der Waals surface area contributed by atoms with E-state index in [1.807, 2.05) is 80.6 Å². The Morgan fingerprint density at radius 1 is 0.783 bits per heavy atom. The number of halogens is 1. The van der Waals surface area contributed by atoms with Crippen molar-refractivity contribution in [2.24, 2.45) is 5.92 Å². The Morgan fingerprint density at radius 3 is 1.98 bits per heavy atom. The molecule has 0 bridgehead atoms. The fourth-order valence-electron chi connectivity index (χ4n) is 5.08. The van der Waals surface area contributed by atoms with Gasteiger partial charge in [0, 0.05) is 24.0 Å². The van der Waals surface area contributed by atoms with Crippen LogP contribution in [0, 0.1) is 5.92 Å². The summed E-state index contributed by atoms with van der Waals surface area (Å²) in [7, 11) is -4.14. The molecule has 0 saturated heterocycles. The van der Waals surface area contributed by atoms with Crippen molar-refractivity contribution in [3.8, 4) is 0 Å². The van der Waals surface area contributed by atoms with E-state index >= 15 is 0 Å². The lowest BCUT2D eigenvalue weighted by atomic mass is 10.0. The molecular weight excluding hydrogens is 662 g/mol. The number of nitrogens with one attached hydrogen (secondary N) is 1. The van der Waals surface area contributed by atoms with Crippen molar-refractivity contribution in [1.82, 2.24) is 10.2 Å². The molecule has 2 amide bonds. The minimum absolute atomic E-state index is 0.0739. The monoisotopic (exact) mass is 703 g/mol. The van der Waals surface area contributed by atoms with Crippen LogP contribution >= 0.6 is 15.9 Å². The summed E-state index contributed by atoms with van der Waals surface area (Å²) in [4.78, 5) is 30.0. The van der Waals surface area contributed by atoms with Crippen LogP contribution in [0.5, 0.6) is 0 Å². The van der Waals surface area contributed by atoms with Crippen LogP contribution in [-0.2, 0) is 32.6 Å². The molecule has 4 rings (SSSR count). The second-order valence-electron chi connectivity index (χ2n) is 12.1. The van der Waals surface area contributed by atoms with Crippen LogP contribution in [0.15, 0.2) is 119 Å². The van der Waals surface area contributed by atoms with E-state index in [-0.39, 0.29) is 35.6 Å². The number of benzene rings is 4. The van der Waals surface area contributed by atoms with E-state index in [0.29, 0.717) is 12.2 Å². The van der Waals surface area contributed by atoms with Crippen molar-refractivity contribution < 1.29 is 18.0 Å². The summed E-state index contributed by atoms with van der Waals surface area (Å²) in [6.07, 6.45) is 0.263. The molecule has 1 atom stereocenters. The number of carbonyl (C=O) groups is 2. The summed E-state index contributed by atoms with van der Waals surface area (Å²) in [6.45, 7) is 8.20. The summed E-state index contributed by atoms with van der Waals surface area (Å²) >= 11 is 3.52. The number of rotatable bonds is 14. The highest BCUT2D eigenvalue weighted by Crippen LogP contribution is 2.27. The predicted molar refractivity (Wildman–Crippen MR) is 188 cm³/mol. The van der Waals surface area contributed by atoms with Crippen molar-refractivity contribution >= 4 is 43.5 Å². The van der Waals surface area contributed by atoms with Gasteiger partial charge in [-0.25, -0.2) is 8.42 Å². The third-order valence-corrected chi connectivity index (χ3v) is 9.94. The maximum atomic E-state index is 14.6. The molecule has 1 N–H and O–H groups in total. The van der Waals surface area contributed by atoms with Crippen molar-refractivity contribution in [2.75, 3.05) is 17.4 Å². The first-order valence-electron chi connectivity index (χ1n) is 15.5. The normalized spacial score (nSPS) is 12.2. The second kappa shape index (κ2) is 16.1. The molecule has 0 unspecified atom stereocenters. The second-order valence-corrected chi connectivity index (χ2v) is 14.8. The molecular formula is C37H42BrN3O4S. The Bertz CT molecular complexity index is 1700. The number of sulfonamides is 1. The van der Waals surface area contributed by atoms with Gasteiger partial charge < -0.3 is 10.2 Å². The molecule has 0 aliphatic rings. The van der Waals surface area contributed by atoms with Gasteiger partial charge in [-0.1, -0.05) is 116 Å². The Morgan fingerprint density at radius 2 is 1.39 bits per heavy atom. The van der Waals surface area contributed by atoms with Crippen LogP contribution in [0.25, 0.3) is 0 Å². The zero-order chi connectivity index (χ0) is 33.3. The lowest BCUT2D eigenvalue weighted by Crippen LogP contribution is -2.53. The van der Waals surface area contributed by atoms with Crippen molar-refractivity contribution in [1.29, 1.82) is 0 Å².